The summed E-state index contributed by atoms with van der Waals surface area (Å²) in [5, 5.41) is 4.72. The van der Waals surface area contributed by atoms with Gasteiger partial charge in [0.05, 0.1) is 5.56 Å². The van der Waals surface area contributed by atoms with Crippen LogP contribution in [0.1, 0.15) is 41.9 Å². The summed E-state index contributed by atoms with van der Waals surface area (Å²) in [6.07, 6.45) is 0.0178. The van der Waals surface area contributed by atoms with Gasteiger partial charge in [-0.3, -0.25) is 4.79 Å². The number of nitrogens with zero attached hydrogens (tertiary/aromatic N) is 1. The van der Waals surface area contributed by atoms with Gasteiger partial charge in [0, 0.05) is 23.4 Å². The number of rotatable bonds is 8. The Morgan fingerprint density at radius 2 is 2.12 bits per heavy atom. The van der Waals surface area contributed by atoms with Crippen LogP contribution < -0.4 is 5.32 Å². The third-order valence-corrected chi connectivity index (χ3v) is 5.58. The number of ether oxygens (including phenoxy) is 1. The first-order chi connectivity index (χ1) is 12.0. The first-order valence-electron chi connectivity index (χ1n) is 8.12. The lowest BCUT2D eigenvalue weighted by Crippen LogP contribution is -2.36. The zero-order valence-electron chi connectivity index (χ0n) is 14.6. The van der Waals surface area contributed by atoms with Gasteiger partial charge in [0.15, 0.2) is 6.10 Å². The second-order valence-corrected chi connectivity index (χ2v) is 7.62. The molecule has 0 aliphatic carbocycles. The quantitative estimate of drug-likeness (QED) is 0.559. The molecule has 0 unspecified atom stereocenters. The Morgan fingerprint density at radius 3 is 2.80 bits per heavy atom. The van der Waals surface area contributed by atoms with Gasteiger partial charge in [-0.2, -0.15) is 0 Å². The van der Waals surface area contributed by atoms with Gasteiger partial charge in [0.25, 0.3) is 5.91 Å². The van der Waals surface area contributed by atoms with E-state index in [9.17, 15) is 9.59 Å². The van der Waals surface area contributed by atoms with E-state index in [2.05, 4.69) is 10.3 Å². The maximum atomic E-state index is 12.4. The zero-order chi connectivity index (χ0) is 18.2. The lowest BCUT2D eigenvalue weighted by molar-refractivity contribution is -0.129. The fraction of sp³-hybridized carbons (Fsp3) is 0.389. The van der Waals surface area contributed by atoms with E-state index >= 15 is 0 Å². The number of aromatic nitrogens is 1. The Hall–Kier alpha value is -1.86. The molecule has 0 fully saturated rings. The van der Waals surface area contributed by atoms with E-state index in [1.54, 1.807) is 42.2 Å². The van der Waals surface area contributed by atoms with Crippen LogP contribution in [0, 0.1) is 6.92 Å². The molecule has 0 radical (unpaired) electrons. The van der Waals surface area contributed by atoms with Gasteiger partial charge in [0.1, 0.15) is 4.34 Å². The summed E-state index contributed by atoms with van der Waals surface area (Å²) >= 11 is 3.17. The van der Waals surface area contributed by atoms with E-state index in [4.69, 9.17) is 4.74 Å². The third kappa shape index (κ3) is 5.86. The largest absolute Gasteiger partial charge is 0.449 e. The maximum Gasteiger partial charge on any atom is 0.339 e. The first-order valence-corrected chi connectivity index (χ1v) is 9.99. The molecule has 7 heteroatoms. The highest BCUT2D eigenvalue weighted by atomic mass is 32.2. The van der Waals surface area contributed by atoms with Crippen LogP contribution in [0.15, 0.2) is 34.0 Å². The highest BCUT2D eigenvalue weighted by molar-refractivity contribution is 8.00. The Morgan fingerprint density at radius 1 is 1.36 bits per heavy atom. The second-order valence-electron chi connectivity index (χ2n) is 5.54. The number of carbonyl (C=O) groups excluding carboxylic acids is 2. The number of amides is 1. The molecule has 0 aliphatic rings. The number of thioether (sulfide) groups is 1. The predicted molar refractivity (Wildman–Crippen MR) is 101 cm³/mol. The van der Waals surface area contributed by atoms with Crippen molar-refractivity contribution < 1.29 is 14.3 Å². The molecular formula is C18H22N2O3S2. The third-order valence-electron chi connectivity index (χ3n) is 3.39. The van der Waals surface area contributed by atoms with E-state index in [1.165, 1.54) is 0 Å². The molecular weight excluding hydrogens is 356 g/mol. The molecule has 1 N–H and O–H groups in total. The average Bonchev–Trinajstić information content (AvgIpc) is 3.03. The monoisotopic (exact) mass is 378 g/mol. The highest BCUT2D eigenvalue weighted by Gasteiger charge is 2.20. The van der Waals surface area contributed by atoms with Crippen LogP contribution in [-0.2, 0) is 15.3 Å². The molecule has 0 aliphatic heterocycles. The van der Waals surface area contributed by atoms with Crippen LogP contribution in [-0.4, -0.2) is 29.5 Å². The van der Waals surface area contributed by atoms with Crippen LogP contribution in [0.4, 0.5) is 0 Å². The molecule has 2 rings (SSSR count). The van der Waals surface area contributed by atoms with Crippen LogP contribution in [0.3, 0.4) is 0 Å². The normalized spacial score (nSPS) is 11.8. The fourth-order valence-electron chi connectivity index (χ4n) is 2.05. The number of thiazole rings is 1. The van der Waals surface area contributed by atoms with Crippen molar-refractivity contribution in [2.45, 2.75) is 43.4 Å². The molecule has 1 heterocycles. The number of esters is 1. The molecule has 1 aromatic carbocycles. The van der Waals surface area contributed by atoms with Crippen molar-refractivity contribution in [3.63, 3.8) is 0 Å². The Kier molecular flexibility index (Phi) is 7.46. The summed E-state index contributed by atoms with van der Waals surface area (Å²) in [6.45, 7) is 6.07. The summed E-state index contributed by atoms with van der Waals surface area (Å²) < 4.78 is 6.28. The van der Waals surface area contributed by atoms with Crippen molar-refractivity contribution in [2.75, 3.05) is 6.54 Å². The molecule has 1 amide bonds. The molecule has 1 atom stereocenters. The van der Waals surface area contributed by atoms with Crippen molar-refractivity contribution in [2.24, 2.45) is 0 Å². The Labute approximate surface area is 156 Å². The minimum atomic E-state index is -0.818. The minimum absolute atomic E-state index is 0.277. The summed E-state index contributed by atoms with van der Waals surface area (Å²) in [5.74, 6) is -0.139. The van der Waals surface area contributed by atoms with E-state index in [0.717, 1.165) is 22.0 Å². The number of hydrogen-bond acceptors (Lipinski definition) is 6. The number of benzene rings is 1. The fourth-order valence-corrected chi connectivity index (χ4v) is 3.91. The SMILES string of the molecule is CCCNC(=O)[C@H](C)OC(=O)c1ccccc1CSc1nc(C)cs1. The molecule has 134 valence electrons. The molecule has 0 bridgehead atoms. The van der Waals surface area contributed by atoms with Gasteiger partial charge < -0.3 is 10.1 Å². The Balaban J connectivity index is 2.00. The van der Waals surface area contributed by atoms with E-state index < -0.39 is 12.1 Å². The standard InChI is InChI=1S/C18H22N2O3S2/c1-4-9-19-16(21)13(3)23-17(22)15-8-6-5-7-14(15)11-25-18-20-12(2)10-24-18/h5-8,10,13H,4,9,11H2,1-3H3,(H,19,21)/t13-/m0/s1. The van der Waals surface area contributed by atoms with Gasteiger partial charge in [-0.05, 0) is 31.9 Å². The van der Waals surface area contributed by atoms with Gasteiger partial charge in [-0.15, -0.1) is 11.3 Å². The molecule has 5 nitrogen and oxygen atoms in total. The summed E-state index contributed by atoms with van der Waals surface area (Å²) in [6, 6.07) is 7.30. The molecule has 25 heavy (non-hydrogen) atoms. The predicted octanol–water partition coefficient (Wildman–Crippen LogP) is 3.82. The van der Waals surface area contributed by atoms with Gasteiger partial charge >= 0.3 is 5.97 Å². The van der Waals surface area contributed by atoms with E-state index in [-0.39, 0.29) is 5.91 Å². The average molecular weight is 379 g/mol. The Bertz CT molecular complexity index is 731. The summed E-state index contributed by atoms with van der Waals surface area (Å²) in [7, 11) is 0. The molecule has 1 aromatic heterocycles. The van der Waals surface area contributed by atoms with Crippen LogP contribution in [0.5, 0.6) is 0 Å². The topological polar surface area (TPSA) is 68.3 Å². The smallest absolute Gasteiger partial charge is 0.339 e. The number of hydrogen-bond donors (Lipinski definition) is 1. The van der Waals surface area contributed by atoms with E-state index in [1.807, 2.05) is 31.4 Å². The number of carbonyl (C=O) groups is 2. The maximum absolute atomic E-state index is 12.4. The first kappa shape index (κ1) is 19.5. The zero-order valence-corrected chi connectivity index (χ0v) is 16.2. The van der Waals surface area contributed by atoms with Gasteiger partial charge in [-0.25, -0.2) is 9.78 Å². The van der Waals surface area contributed by atoms with Crippen molar-refractivity contribution in [3.8, 4) is 0 Å². The number of nitrogens with one attached hydrogen (secondary N) is 1. The van der Waals surface area contributed by atoms with Crippen molar-refractivity contribution in [1.29, 1.82) is 0 Å². The molecule has 0 spiro atoms. The van der Waals surface area contributed by atoms with Crippen molar-refractivity contribution in [1.82, 2.24) is 10.3 Å². The van der Waals surface area contributed by atoms with E-state index in [0.29, 0.717) is 17.9 Å². The van der Waals surface area contributed by atoms with Crippen LogP contribution in [0.2, 0.25) is 0 Å². The summed E-state index contributed by atoms with van der Waals surface area (Å²) in [5.41, 5.74) is 2.34. The van der Waals surface area contributed by atoms with Crippen LogP contribution in [0.25, 0.3) is 0 Å². The number of aryl methyl sites for hydroxylation is 1. The van der Waals surface area contributed by atoms with Gasteiger partial charge in [-0.1, -0.05) is 36.9 Å². The molecule has 2 aromatic rings. The second kappa shape index (κ2) is 9.58. The molecule has 0 saturated heterocycles. The van der Waals surface area contributed by atoms with Crippen LogP contribution >= 0.6 is 23.1 Å². The van der Waals surface area contributed by atoms with Crippen molar-refractivity contribution in [3.05, 3.63) is 46.5 Å². The molecule has 0 saturated carbocycles. The lowest BCUT2D eigenvalue weighted by atomic mass is 10.1. The summed E-state index contributed by atoms with van der Waals surface area (Å²) in [4.78, 5) is 28.7. The van der Waals surface area contributed by atoms with Gasteiger partial charge in [0.2, 0.25) is 0 Å². The lowest BCUT2D eigenvalue weighted by Gasteiger charge is -2.14. The van der Waals surface area contributed by atoms with Crippen molar-refractivity contribution >= 4 is 35.0 Å². The minimum Gasteiger partial charge on any atom is -0.449 e. The highest BCUT2D eigenvalue weighted by Crippen LogP contribution is 2.27.